The van der Waals surface area contributed by atoms with Crippen molar-refractivity contribution >= 4 is 29.7 Å². The van der Waals surface area contributed by atoms with E-state index in [0.29, 0.717) is 6.42 Å². The Kier molecular flexibility index (Phi) is 12.4. The van der Waals surface area contributed by atoms with Crippen molar-refractivity contribution < 1.29 is 34.2 Å². The molecule has 0 saturated heterocycles. The molecule has 11 nitrogen and oxygen atoms in total. The topological polar surface area (TPSA) is 188 Å². The summed E-state index contributed by atoms with van der Waals surface area (Å²) in [4.78, 5) is 59.7. The van der Waals surface area contributed by atoms with Crippen LogP contribution in [0.1, 0.15) is 60.3 Å². The standard InChI is InChI=1S/C20H36N4O7/c1-6-11(4)16(24-17(27)12(5)21)19(29)23-14(9-10(2)3)18(28)22-13(20(30)31)7-8-15(25)26/h10-14,16H,6-9,21H2,1-5H3,(H,22,28)(H,23,29)(H,24,27)(H,25,26)(H,30,31). The quantitative estimate of drug-likeness (QED) is 0.213. The predicted octanol–water partition coefficient (Wildman–Crippen LogP) is -0.170. The average molecular weight is 445 g/mol. The summed E-state index contributed by atoms with van der Waals surface area (Å²) in [6.45, 7) is 8.76. The monoisotopic (exact) mass is 444 g/mol. The predicted molar refractivity (Wildman–Crippen MR) is 113 cm³/mol. The minimum atomic E-state index is -1.40. The van der Waals surface area contributed by atoms with Crippen molar-refractivity contribution in [2.45, 2.75) is 84.5 Å². The number of carboxylic acids is 2. The zero-order valence-corrected chi connectivity index (χ0v) is 18.8. The van der Waals surface area contributed by atoms with Gasteiger partial charge in [-0.2, -0.15) is 0 Å². The third-order valence-corrected chi connectivity index (χ3v) is 4.81. The minimum Gasteiger partial charge on any atom is -0.481 e. The van der Waals surface area contributed by atoms with Crippen LogP contribution in [0.15, 0.2) is 0 Å². The highest BCUT2D eigenvalue weighted by molar-refractivity contribution is 5.94. The summed E-state index contributed by atoms with van der Waals surface area (Å²) in [6.07, 6.45) is 0.0719. The first-order chi connectivity index (χ1) is 14.3. The van der Waals surface area contributed by atoms with E-state index in [1.165, 1.54) is 6.92 Å². The third kappa shape index (κ3) is 10.8. The van der Waals surface area contributed by atoms with Crippen molar-refractivity contribution in [3.05, 3.63) is 0 Å². The maximum atomic E-state index is 12.9. The van der Waals surface area contributed by atoms with Gasteiger partial charge in [0.25, 0.3) is 0 Å². The smallest absolute Gasteiger partial charge is 0.326 e. The second-order valence-corrected chi connectivity index (χ2v) is 8.18. The van der Waals surface area contributed by atoms with Gasteiger partial charge in [0, 0.05) is 6.42 Å². The molecule has 3 amide bonds. The number of hydrogen-bond acceptors (Lipinski definition) is 6. The van der Waals surface area contributed by atoms with Crippen molar-refractivity contribution in [2.24, 2.45) is 17.6 Å². The van der Waals surface area contributed by atoms with Gasteiger partial charge in [-0.25, -0.2) is 4.79 Å². The lowest BCUT2D eigenvalue weighted by Crippen LogP contribution is -2.58. The second kappa shape index (κ2) is 13.6. The molecule has 0 aliphatic rings. The van der Waals surface area contributed by atoms with E-state index >= 15 is 0 Å². The molecule has 0 aromatic carbocycles. The van der Waals surface area contributed by atoms with E-state index in [0.717, 1.165) is 0 Å². The van der Waals surface area contributed by atoms with Crippen molar-refractivity contribution in [2.75, 3.05) is 0 Å². The van der Waals surface area contributed by atoms with E-state index in [2.05, 4.69) is 16.0 Å². The fourth-order valence-electron chi connectivity index (χ4n) is 2.75. The van der Waals surface area contributed by atoms with Gasteiger partial charge < -0.3 is 31.9 Å². The molecule has 0 saturated carbocycles. The maximum Gasteiger partial charge on any atom is 0.326 e. The van der Waals surface area contributed by atoms with Crippen LogP contribution in [0.4, 0.5) is 0 Å². The molecule has 0 heterocycles. The van der Waals surface area contributed by atoms with Crippen molar-refractivity contribution in [3.8, 4) is 0 Å². The normalized spacial score (nSPS) is 15.8. The Morgan fingerprint density at radius 2 is 1.39 bits per heavy atom. The fourth-order valence-corrected chi connectivity index (χ4v) is 2.75. The minimum absolute atomic E-state index is 0.0148. The lowest BCUT2D eigenvalue weighted by molar-refractivity contribution is -0.143. The van der Waals surface area contributed by atoms with E-state index in [9.17, 15) is 29.1 Å². The van der Waals surface area contributed by atoms with Gasteiger partial charge in [0.1, 0.15) is 18.1 Å². The first-order valence-corrected chi connectivity index (χ1v) is 10.4. The Balaban J connectivity index is 5.48. The number of nitrogens with two attached hydrogens (primary N) is 1. The van der Waals surface area contributed by atoms with Crippen LogP contribution in [0.5, 0.6) is 0 Å². The molecular weight excluding hydrogens is 408 g/mol. The molecule has 0 aromatic heterocycles. The number of aliphatic carboxylic acids is 2. The number of carbonyl (C=O) groups is 5. The van der Waals surface area contributed by atoms with Gasteiger partial charge in [-0.15, -0.1) is 0 Å². The highest BCUT2D eigenvalue weighted by Crippen LogP contribution is 2.11. The first kappa shape index (κ1) is 28.3. The molecule has 7 N–H and O–H groups in total. The van der Waals surface area contributed by atoms with Gasteiger partial charge in [0.05, 0.1) is 6.04 Å². The molecule has 11 heteroatoms. The number of amides is 3. The molecule has 0 bridgehead atoms. The van der Waals surface area contributed by atoms with E-state index in [4.69, 9.17) is 10.8 Å². The third-order valence-electron chi connectivity index (χ3n) is 4.81. The van der Waals surface area contributed by atoms with E-state index in [1.54, 1.807) is 6.92 Å². The number of hydrogen-bond donors (Lipinski definition) is 6. The Bertz CT molecular complexity index is 651. The molecule has 5 unspecified atom stereocenters. The van der Waals surface area contributed by atoms with Crippen LogP contribution >= 0.6 is 0 Å². The van der Waals surface area contributed by atoms with Crippen LogP contribution in [0.2, 0.25) is 0 Å². The van der Waals surface area contributed by atoms with E-state index in [-0.39, 0.29) is 24.7 Å². The summed E-state index contributed by atoms with van der Waals surface area (Å²) in [5.74, 6) is -4.64. The molecule has 0 aliphatic carbocycles. The number of nitrogens with one attached hydrogen (secondary N) is 3. The molecule has 0 fully saturated rings. The highest BCUT2D eigenvalue weighted by Gasteiger charge is 2.32. The Hall–Kier alpha value is -2.69. The Morgan fingerprint density at radius 1 is 0.839 bits per heavy atom. The molecule has 31 heavy (non-hydrogen) atoms. The van der Waals surface area contributed by atoms with E-state index in [1.807, 2.05) is 20.8 Å². The summed E-state index contributed by atoms with van der Waals surface area (Å²) < 4.78 is 0. The summed E-state index contributed by atoms with van der Waals surface area (Å²) >= 11 is 0. The van der Waals surface area contributed by atoms with Crippen LogP contribution in [0.3, 0.4) is 0 Å². The van der Waals surface area contributed by atoms with Crippen LogP contribution in [0, 0.1) is 11.8 Å². The lowest BCUT2D eigenvalue weighted by atomic mass is 9.96. The number of carboxylic acid groups (broad SMARTS) is 2. The fraction of sp³-hybridized carbons (Fsp3) is 0.750. The molecule has 0 rings (SSSR count). The molecule has 0 aromatic rings. The largest absolute Gasteiger partial charge is 0.481 e. The van der Waals surface area contributed by atoms with Gasteiger partial charge >= 0.3 is 11.9 Å². The van der Waals surface area contributed by atoms with Crippen LogP contribution in [0.25, 0.3) is 0 Å². The van der Waals surface area contributed by atoms with Crippen molar-refractivity contribution in [1.82, 2.24) is 16.0 Å². The molecule has 0 aliphatic heterocycles. The second-order valence-electron chi connectivity index (χ2n) is 8.18. The van der Waals surface area contributed by atoms with Crippen molar-refractivity contribution in [3.63, 3.8) is 0 Å². The number of carbonyl (C=O) groups excluding carboxylic acids is 3. The molecule has 0 radical (unpaired) electrons. The summed E-state index contributed by atoms with van der Waals surface area (Å²) in [5, 5.41) is 25.5. The molecule has 0 spiro atoms. The first-order valence-electron chi connectivity index (χ1n) is 10.4. The van der Waals surface area contributed by atoms with Crippen LogP contribution in [-0.2, 0) is 24.0 Å². The van der Waals surface area contributed by atoms with Gasteiger partial charge in [-0.1, -0.05) is 34.1 Å². The zero-order valence-electron chi connectivity index (χ0n) is 18.8. The molecule has 5 atom stereocenters. The Labute approximate surface area is 182 Å². The summed E-state index contributed by atoms with van der Waals surface area (Å²) in [6, 6.07) is -4.20. The summed E-state index contributed by atoms with van der Waals surface area (Å²) in [7, 11) is 0. The van der Waals surface area contributed by atoms with E-state index < -0.39 is 60.2 Å². The van der Waals surface area contributed by atoms with Gasteiger partial charge in [0.15, 0.2) is 0 Å². The van der Waals surface area contributed by atoms with Gasteiger partial charge in [-0.05, 0) is 31.6 Å². The Morgan fingerprint density at radius 3 is 1.81 bits per heavy atom. The van der Waals surface area contributed by atoms with Crippen LogP contribution < -0.4 is 21.7 Å². The van der Waals surface area contributed by atoms with Gasteiger partial charge in [-0.3, -0.25) is 19.2 Å². The average Bonchev–Trinajstić information content (AvgIpc) is 2.66. The van der Waals surface area contributed by atoms with Crippen molar-refractivity contribution in [1.29, 1.82) is 0 Å². The summed E-state index contributed by atoms with van der Waals surface area (Å²) in [5.41, 5.74) is 5.57. The highest BCUT2D eigenvalue weighted by atomic mass is 16.4. The maximum absolute atomic E-state index is 12.9. The lowest BCUT2D eigenvalue weighted by Gasteiger charge is -2.28. The number of rotatable bonds is 14. The molecule has 178 valence electrons. The SMILES string of the molecule is CCC(C)C(NC(=O)C(C)N)C(=O)NC(CC(C)C)C(=O)NC(CCC(=O)O)C(=O)O. The molecular formula is C20H36N4O7. The zero-order chi connectivity index (χ0) is 24.3. The van der Waals surface area contributed by atoms with Crippen LogP contribution in [-0.4, -0.2) is 64.0 Å². The van der Waals surface area contributed by atoms with Gasteiger partial charge in [0.2, 0.25) is 17.7 Å².